The fourth-order valence-corrected chi connectivity index (χ4v) is 3.80. The van der Waals surface area contributed by atoms with Gasteiger partial charge in [0.1, 0.15) is 0 Å². The zero-order valence-corrected chi connectivity index (χ0v) is 12.2. The first-order valence-corrected chi connectivity index (χ1v) is 7.81. The van der Waals surface area contributed by atoms with Gasteiger partial charge in [0, 0.05) is 5.02 Å². The molecule has 106 valence electrons. The molecule has 0 aromatic heterocycles. The van der Waals surface area contributed by atoms with Crippen LogP contribution in [-0.2, 0) is 11.2 Å². The van der Waals surface area contributed by atoms with E-state index in [9.17, 15) is 9.90 Å². The van der Waals surface area contributed by atoms with Gasteiger partial charge in [-0.3, -0.25) is 0 Å². The van der Waals surface area contributed by atoms with Crippen molar-refractivity contribution >= 4 is 23.1 Å². The zero-order valence-electron chi connectivity index (χ0n) is 11.5. The molecule has 1 N–H and O–H groups in total. The van der Waals surface area contributed by atoms with Crippen molar-refractivity contribution in [3.63, 3.8) is 0 Å². The second-order valence-electron chi connectivity index (χ2n) is 5.85. The first kappa shape index (κ1) is 13.7. The largest absolute Gasteiger partial charge is 0.478 e. The molecule has 2 nitrogen and oxygen atoms in total. The van der Waals surface area contributed by atoms with Crippen LogP contribution in [-0.4, -0.2) is 11.1 Å². The summed E-state index contributed by atoms with van der Waals surface area (Å²) in [5.41, 5.74) is 3.55. The van der Waals surface area contributed by atoms with E-state index in [0.717, 1.165) is 16.1 Å². The standard InChI is InChI=1S/C17H19ClO2/c18-16-10-14-12(7-8-13(14)17(19)20)9-15(16)11-5-3-1-2-4-6-11/h8-11H,1-7H2,(H,19,20). The Labute approximate surface area is 124 Å². The average molecular weight is 291 g/mol. The van der Waals surface area contributed by atoms with Crippen LogP contribution in [0.3, 0.4) is 0 Å². The number of allylic oxidation sites excluding steroid dienone is 1. The van der Waals surface area contributed by atoms with Crippen LogP contribution in [0.25, 0.3) is 5.57 Å². The molecule has 20 heavy (non-hydrogen) atoms. The van der Waals surface area contributed by atoms with Crippen molar-refractivity contribution < 1.29 is 9.90 Å². The van der Waals surface area contributed by atoms with Crippen molar-refractivity contribution in [1.82, 2.24) is 0 Å². The van der Waals surface area contributed by atoms with E-state index in [1.54, 1.807) is 6.08 Å². The molecular formula is C17H19ClO2. The summed E-state index contributed by atoms with van der Waals surface area (Å²) in [6, 6.07) is 4.02. The van der Waals surface area contributed by atoms with E-state index in [1.165, 1.54) is 44.1 Å². The Morgan fingerprint density at radius 1 is 1.15 bits per heavy atom. The summed E-state index contributed by atoms with van der Waals surface area (Å²) in [5, 5.41) is 9.94. The number of hydrogen-bond donors (Lipinski definition) is 1. The molecule has 0 atom stereocenters. The smallest absolute Gasteiger partial charge is 0.335 e. The molecule has 3 rings (SSSR count). The van der Waals surface area contributed by atoms with Crippen molar-refractivity contribution in [3.05, 3.63) is 39.9 Å². The predicted octanol–water partition coefficient (Wildman–Crippen LogP) is 4.80. The SMILES string of the molecule is O=C(O)C1=CCc2cc(C3CCCCCC3)c(Cl)cc21. The number of hydrogen-bond acceptors (Lipinski definition) is 1. The molecule has 0 saturated heterocycles. The van der Waals surface area contributed by atoms with Crippen molar-refractivity contribution in [1.29, 1.82) is 0 Å². The van der Waals surface area contributed by atoms with E-state index in [0.29, 0.717) is 17.9 Å². The van der Waals surface area contributed by atoms with Crippen LogP contribution in [0.2, 0.25) is 5.02 Å². The number of aliphatic carboxylic acids is 1. The van der Waals surface area contributed by atoms with Gasteiger partial charge in [0.25, 0.3) is 0 Å². The summed E-state index contributed by atoms with van der Waals surface area (Å²) in [4.78, 5) is 11.2. The summed E-state index contributed by atoms with van der Waals surface area (Å²) < 4.78 is 0. The van der Waals surface area contributed by atoms with Gasteiger partial charge >= 0.3 is 5.97 Å². The van der Waals surface area contributed by atoms with Crippen molar-refractivity contribution in [2.75, 3.05) is 0 Å². The van der Waals surface area contributed by atoms with Crippen LogP contribution in [0.4, 0.5) is 0 Å². The minimum absolute atomic E-state index is 0.398. The topological polar surface area (TPSA) is 37.3 Å². The molecule has 1 saturated carbocycles. The molecule has 1 aromatic rings. The molecule has 0 aliphatic heterocycles. The van der Waals surface area contributed by atoms with E-state index >= 15 is 0 Å². The first-order chi connectivity index (χ1) is 9.66. The highest BCUT2D eigenvalue weighted by molar-refractivity contribution is 6.32. The number of carboxylic acid groups (broad SMARTS) is 1. The maximum atomic E-state index is 11.2. The maximum absolute atomic E-state index is 11.2. The Bertz CT molecular complexity index is 567. The van der Waals surface area contributed by atoms with Gasteiger partial charge < -0.3 is 5.11 Å². The second kappa shape index (κ2) is 5.61. The van der Waals surface area contributed by atoms with Crippen LogP contribution >= 0.6 is 11.6 Å². The monoisotopic (exact) mass is 290 g/mol. The highest BCUT2D eigenvalue weighted by atomic mass is 35.5. The van der Waals surface area contributed by atoms with Gasteiger partial charge in [-0.1, -0.05) is 49.4 Å². The summed E-state index contributed by atoms with van der Waals surface area (Å²) in [5.74, 6) is -0.314. The van der Waals surface area contributed by atoms with E-state index in [-0.39, 0.29) is 0 Å². The molecule has 0 bridgehead atoms. The lowest BCUT2D eigenvalue weighted by molar-refractivity contribution is -0.130. The summed E-state index contributed by atoms with van der Waals surface area (Å²) in [7, 11) is 0. The van der Waals surface area contributed by atoms with E-state index in [4.69, 9.17) is 11.6 Å². The minimum atomic E-state index is -0.859. The Hall–Kier alpha value is -1.28. The number of rotatable bonds is 2. The first-order valence-electron chi connectivity index (χ1n) is 7.43. The van der Waals surface area contributed by atoms with Gasteiger partial charge in [0.05, 0.1) is 5.57 Å². The molecule has 0 radical (unpaired) electrons. The van der Waals surface area contributed by atoms with Crippen molar-refractivity contribution in [3.8, 4) is 0 Å². The molecule has 2 aliphatic carbocycles. The van der Waals surface area contributed by atoms with E-state index in [1.807, 2.05) is 6.07 Å². The van der Waals surface area contributed by atoms with Crippen molar-refractivity contribution in [2.24, 2.45) is 0 Å². The third-order valence-electron chi connectivity index (χ3n) is 4.56. The quantitative estimate of drug-likeness (QED) is 0.794. The Balaban J connectivity index is 1.94. The third kappa shape index (κ3) is 2.49. The summed E-state index contributed by atoms with van der Waals surface area (Å²) in [6.07, 6.45) is 10.1. The number of halogens is 1. The van der Waals surface area contributed by atoms with Crippen LogP contribution < -0.4 is 0 Å². The highest BCUT2D eigenvalue weighted by Gasteiger charge is 2.24. The molecule has 0 spiro atoms. The Morgan fingerprint density at radius 2 is 1.85 bits per heavy atom. The lowest BCUT2D eigenvalue weighted by atomic mass is 9.89. The Kier molecular flexibility index (Phi) is 3.84. The Morgan fingerprint density at radius 3 is 2.50 bits per heavy atom. The lowest BCUT2D eigenvalue weighted by Gasteiger charge is -2.18. The van der Waals surface area contributed by atoms with Gasteiger partial charge in [-0.05, 0) is 47.9 Å². The average Bonchev–Trinajstić information content (AvgIpc) is 2.65. The molecule has 1 aromatic carbocycles. The lowest BCUT2D eigenvalue weighted by Crippen LogP contribution is -2.02. The predicted molar refractivity (Wildman–Crippen MR) is 81.2 cm³/mol. The van der Waals surface area contributed by atoms with Crippen molar-refractivity contribution in [2.45, 2.75) is 50.9 Å². The van der Waals surface area contributed by atoms with E-state index < -0.39 is 5.97 Å². The van der Waals surface area contributed by atoms with Gasteiger partial charge in [0.2, 0.25) is 0 Å². The molecule has 2 aliphatic rings. The van der Waals surface area contributed by atoms with Crippen LogP contribution in [0.1, 0.15) is 61.1 Å². The van der Waals surface area contributed by atoms with Crippen LogP contribution in [0, 0.1) is 0 Å². The van der Waals surface area contributed by atoms with Crippen LogP contribution in [0.15, 0.2) is 18.2 Å². The van der Waals surface area contributed by atoms with Gasteiger partial charge in [-0.15, -0.1) is 0 Å². The number of benzene rings is 1. The van der Waals surface area contributed by atoms with Gasteiger partial charge in [-0.25, -0.2) is 4.79 Å². The minimum Gasteiger partial charge on any atom is -0.478 e. The maximum Gasteiger partial charge on any atom is 0.335 e. The fourth-order valence-electron chi connectivity index (χ4n) is 3.48. The molecule has 3 heteroatoms. The number of carbonyl (C=O) groups is 1. The summed E-state index contributed by atoms with van der Waals surface area (Å²) >= 11 is 6.44. The fraction of sp³-hybridized carbons (Fsp3) is 0.471. The molecule has 0 unspecified atom stereocenters. The van der Waals surface area contributed by atoms with Gasteiger partial charge in [0.15, 0.2) is 0 Å². The number of fused-ring (bicyclic) bond motifs is 1. The summed E-state index contributed by atoms with van der Waals surface area (Å²) in [6.45, 7) is 0. The van der Waals surface area contributed by atoms with Gasteiger partial charge in [-0.2, -0.15) is 0 Å². The molecule has 0 heterocycles. The number of carboxylic acids is 1. The van der Waals surface area contributed by atoms with Crippen LogP contribution in [0.5, 0.6) is 0 Å². The molecular weight excluding hydrogens is 272 g/mol. The van der Waals surface area contributed by atoms with E-state index in [2.05, 4.69) is 6.07 Å². The normalized spacial score (nSPS) is 19.4. The highest BCUT2D eigenvalue weighted by Crippen LogP contribution is 2.39. The second-order valence-corrected chi connectivity index (χ2v) is 6.25. The zero-order chi connectivity index (χ0) is 14.1. The molecule has 0 amide bonds. The molecule has 1 fully saturated rings. The third-order valence-corrected chi connectivity index (χ3v) is 4.89.